The lowest BCUT2D eigenvalue weighted by molar-refractivity contribution is -0.117. The minimum absolute atomic E-state index is 0.120. The molecule has 0 fully saturated rings. The summed E-state index contributed by atoms with van der Waals surface area (Å²) in [7, 11) is -3.65. The molecule has 0 aromatic carbocycles. The molecule has 13 heavy (non-hydrogen) atoms. The predicted octanol–water partition coefficient (Wildman–Crippen LogP) is 1.34. The number of carbonyl (C=O) groups is 1. The first-order valence-corrected chi connectivity index (χ1v) is 6.30. The molecule has 0 aliphatic heterocycles. The minimum atomic E-state index is -3.65. The van der Waals surface area contributed by atoms with E-state index in [4.69, 9.17) is 0 Å². The topological polar surface area (TPSA) is 63.2 Å². The number of thiophene rings is 1. The van der Waals surface area contributed by atoms with Crippen molar-refractivity contribution in [2.75, 3.05) is 0 Å². The maximum absolute atomic E-state index is 11.3. The Kier molecular flexibility index (Phi) is 3.09. The molecule has 7 heteroatoms. The van der Waals surface area contributed by atoms with Gasteiger partial charge in [-0.05, 0) is 28.1 Å². The van der Waals surface area contributed by atoms with Gasteiger partial charge in [0.05, 0.1) is 3.79 Å². The van der Waals surface area contributed by atoms with Crippen LogP contribution in [0.2, 0.25) is 0 Å². The van der Waals surface area contributed by atoms with Crippen LogP contribution in [0.4, 0.5) is 0 Å². The van der Waals surface area contributed by atoms with Gasteiger partial charge >= 0.3 is 0 Å². The molecule has 0 unspecified atom stereocenters. The summed E-state index contributed by atoms with van der Waals surface area (Å²) >= 11 is 4.18. The molecule has 1 rings (SSSR count). The molecule has 0 atom stereocenters. The minimum Gasteiger partial charge on any atom is -0.274 e. The van der Waals surface area contributed by atoms with Gasteiger partial charge in [-0.2, -0.15) is 0 Å². The van der Waals surface area contributed by atoms with Crippen LogP contribution in [0.3, 0.4) is 0 Å². The summed E-state index contributed by atoms with van der Waals surface area (Å²) in [5.41, 5.74) is 0. The molecule has 1 aromatic rings. The maximum atomic E-state index is 11.3. The van der Waals surface area contributed by atoms with E-state index >= 15 is 0 Å². The lowest BCUT2D eigenvalue weighted by Gasteiger charge is -1.99. The summed E-state index contributed by atoms with van der Waals surface area (Å²) in [5, 5.41) is 0. The number of hydrogen-bond donors (Lipinski definition) is 1. The Bertz CT molecular complexity index is 423. The number of nitrogens with one attached hydrogen (secondary N) is 1. The van der Waals surface area contributed by atoms with E-state index < -0.39 is 15.9 Å². The Morgan fingerprint density at radius 2 is 2.15 bits per heavy atom. The van der Waals surface area contributed by atoms with Gasteiger partial charge < -0.3 is 0 Å². The highest BCUT2D eigenvalue weighted by atomic mass is 79.9. The molecule has 0 spiro atoms. The first-order valence-electron chi connectivity index (χ1n) is 3.20. The number of carbonyl (C=O) groups excluding carboxylic acids is 1. The van der Waals surface area contributed by atoms with Crippen molar-refractivity contribution < 1.29 is 13.2 Å². The SMILES string of the molecule is CC(=O)NS(=O)(=O)c1ccc(Br)s1. The lowest BCUT2D eigenvalue weighted by atomic mass is 10.7. The van der Waals surface area contributed by atoms with Crippen LogP contribution in [0.1, 0.15) is 6.92 Å². The lowest BCUT2D eigenvalue weighted by Crippen LogP contribution is -2.27. The number of sulfonamides is 1. The molecule has 1 N–H and O–H groups in total. The Balaban J connectivity index is 3.01. The van der Waals surface area contributed by atoms with Crippen molar-refractivity contribution in [2.45, 2.75) is 11.1 Å². The zero-order valence-electron chi connectivity index (χ0n) is 6.57. The molecular formula is C6H6BrNO3S2. The number of halogens is 1. The van der Waals surface area contributed by atoms with E-state index in [2.05, 4.69) is 15.9 Å². The molecule has 0 saturated heterocycles. The molecule has 4 nitrogen and oxygen atoms in total. The predicted molar refractivity (Wildman–Crippen MR) is 53.0 cm³/mol. The summed E-state index contributed by atoms with van der Waals surface area (Å²) in [6, 6.07) is 3.04. The van der Waals surface area contributed by atoms with Gasteiger partial charge in [0.15, 0.2) is 0 Å². The fraction of sp³-hybridized carbons (Fsp3) is 0.167. The van der Waals surface area contributed by atoms with Gasteiger partial charge in [0, 0.05) is 6.92 Å². The molecule has 0 saturated carbocycles. The highest BCUT2D eigenvalue weighted by Crippen LogP contribution is 2.25. The van der Waals surface area contributed by atoms with Gasteiger partial charge in [0.25, 0.3) is 10.0 Å². The second kappa shape index (κ2) is 3.77. The van der Waals surface area contributed by atoms with Gasteiger partial charge in [-0.1, -0.05) is 0 Å². The molecular weight excluding hydrogens is 278 g/mol. The third kappa shape index (κ3) is 2.78. The second-order valence-electron chi connectivity index (χ2n) is 2.22. The smallest absolute Gasteiger partial charge is 0.273 e. The van der Waals surface area contributed by atoms with Crippen molar-refractivity contribution >= 4 is 43.2 Å². The molecule has 1 heterocycles. The Hall–Kier alpha value is -0.400. The van der Waals surface area contributed by atoms with E-state index in [0.717, 1.165) is 18.3 Å². The second-order valence-corrected chi connectivity index (χ2v) is 6.59. The van der Waals surface area contributed by atoms with Crippen molar-refractivity contribution in [1.29, 1.82) is 0 Å². The third-order valence-electron chi connectivity index (χ3n) is 1.09. The van der Waals surface area contributed by atoms with Crippen LogP contribution in [-0.2, 0) is 14.8 Å². The monoisotopic (exact) mass is 283 g/mol. The quantitative estimate of drug-likeness (QED) is 0.891. The molecule has 0 radical (unpaired) electrons. The van der Waals surface area contributed by atoms with E-state index in [1.54, 1.807) is 6.07 Å². The third-order valence-corrected chi connectivity index (χ3v) is 4.64. The van der Waals surface area contributed by atoms with Crippen molar-refractivity contribution in [2.24, 2.45) is 0 Å². The zero-order chi connectivity index (χ0) is 10.1. The van der Waals surface area contributed by atoms with Crippen LogP contribution in [0.25, 0.3) is 0 Å². The Morgan fingerprint density at radius 3 is 2.54 bits per heavy atom. The van der Waals surface area contributed by atoms with E-state index in [0.29, 0.717) is 3.79 Å². The van der Waals surface area contributed by atoms with Crippen LogP contribution in [0, 0.1) is 0 Å². The molecule has 1 amide bonds. The van der Waals surface area contributed by atoms with Crippen LogP contribution in [0.15, 0.2) is 20.1 Å². The van der Waals surface area contributed by atoms with Crippen LogP contribution >= 0.6 is 27.3 Å². The summed E-state index contributed by atoms with van der Waals surface area (Å²) in [6.07, 6.45) is 0. The van der Waals surface area contributed by atoms with Crippen LogP contribution in [-0.4, -0.2) is 14.3 Å². The van der Waals surface area contributed by atoms with Crippen LogP contribution < -0.4 is 4.72 Å². The summed E-state index contributed by atoms with van der Waals surface area (Å²) in [4.78, 5) is 10.5. The molecule has 0 aliphatic carbocycles. The molecule has 0 aliphatic rings. The highest BCUT2D eigenvalue weighted by Gasteiger charge is 2.17. The average molecular weight is 284 g/mol. The van der Waals surface area contributed by atoms with Gasteiger partial charge in [-0.3, -0.25) is 4.79 Å². The molecule has 72 valence electrons. The van der Waals surface area contributed by atoms with E-state index in [-0.39, 0.29) is 4.21 Å². The van der Waals surface area contributed by atoms with Crippen LogP contribution in [0.5, 0.6) is 0 Å². The van der Waals surface area contributed by atoms with Gasteiger partial charge in [-0.25, -0.2) is 13.1 Å². The van der Waals surface area contributed by atoms with Crippen molar-refractivity contribution in [1.82, 2.24) is 4.72 Å². The van der Waals surface area contributed by atoms with E-state index in [9.17, 15) is 13.2 Å². The highest BCUT2D eigenvalue weighted by molar-refractivity contribution is 9.11. The Labute approximate surface area is 88.1 Å². The first kappa shape index (κ1) is 10.7. The van der Waals surface area contributed by atoms with E-state index in [1.807, 2.05) is 4.72 Å². The largest absolute Gasteiger partial charge is 0.274 e. The van der Waals surface area contributed by atoms with Gasteiger partial charge in [-0.15, -0.1) is 11.3 Å². The normalized spacial score (nSPS) is 11.2. The molecule has 1 aromatic heterocycles. The first-order chi connectivity index (χ1) is 5.92. The average Bonchev–Trinajstić information content (AvgIpc) is 2.32. The van der Waals surface area contributed by atoms with Crippen molar-refractivity contribution in [3.05, 3.63) is 15.9 Å². The number of hydrogen-bond acceptors (Lipinski definition) is 4. The summed E-state index contributed by atoms with van der Waals surface area (Å²) in [6.45, 7) is 1.15. The van der Waals surface area contributed by atoms with E-state index in [1.165, 1.54) is 6.07 Å². The summed E-state index contributed by atoms with van der Waals surface area (Å²) < 4.78 is 25.3. The Morgan fingerprint density at radius 1 is 1.54 bits per heavy atom. The summed E-state index contributed by atoms with van der Waals surface area (Å²) in [5.74, 6) is -0.593. The fourth-order valence-electron chi connectivity index (χ4n) is 0.682. The molecule has 0 bridgehead atoms. The number of rotatable bonds is 2. The standard InChI is InChI=1S/C6H6BrNO3S2/c1-4(9)8-13(10,11)6-3-2-5(7)12-6/h2-3H,1H3,(H,8,9). The maximum Gasteiger partial charge on any atom is 0.273 e. The van der Waals surface area contributed by atoms with Gasteiger partial charge in [0.1, 0.15) is 4.21 Å². The van der Waals surface area contributed by atoms with Crippen molar-refractivity contribution in [3.63, 3.8) is 0 Å². The fourth-order valence-corrected chi connectivity index (χ4v) is 3.68. The van der Waals surface area contributed by atoms with Crippen molar-refractivity contribution in [3.8, 4) is 0 Å². The number of amides is 1. The van der Waals surface area contributed by atoms with Gasteiger partial charge in [0.2, 0.25) is 5.91 Å². The zero-order valence-corrected chi connectivity index (χ0v) is 9.79.